The van der Waals surface area contributed by atoms with Gasteiger partial charge in [-0.3, -0.25) is 4.79 Å². The van der Waals surface area contributed by atoms with Crippen molar-refractivity contribution >= 4 is 5.91 Å². The molecule has 1 aromatic carbocycles. The first-order valence-corrected chi connectivity index (χ1v) is 6.95. The second-order valence-corrected chi connectivity index (χ2v) is 5.06. The molecule has 1 heterocycles. The van der Waals surface area contributed by atoms with Gasteiger partial charge in [0.25, 0.3) is 0 Å². The van der Waals surface area contributed by atoms with E-state index in [0.29, 0.717) is 5.88 Å². The first-order valence-electron chi connectivity index (χ1n) is 6.95. The van der Waals surface area contributed by atoms with Crippen LogP contribution < -0.4 is 10.1 Å². The summed E-state index contributed by atoms with van der Waals surface area (Å²) in [6, 6.07) is 12.2. The molecular weight excluding hydrogens is 264 g/mol. The minimum atomic E-state index is -0.000726. The minimum absolute atomic E-state index is 0.000726. The van der Waals surface area contributed by atoms with Gasteiger partial charge in [-0.25, -0.2) is 4.98 Å². The number of carbonyl (C=O) groups is 1. The molecule has 0 radical (unpaired) electrons. The Morgan fingerprint density at radius 3 is 2.62 bits per heavy atom. The number of methoxy groups -OCH3 is 1. The quantitative estimate of drug-likeness (QED) is 0.918. The molecule has 110 valence electrons. The standard InChI is InChI=1S/C17H20N2O2/c1-12(19-13(2)20)11-14-6-8-15(9-7-14)16-5-4-10-18-17(16)21-3/h4-10,12H,11H2,1-3H3,(H,19,20). The highest BCUT2D eigenvalue weighted by atomic mass is 16.5. The third-order valence-electron chi connectivity index (χ3n) is 3.22. The van der Waals surface area contributed by atoms with E-state index in [0.717, 1.165) is 17.5 Å². The largest absolute Gasteiger partial charge is 0.481 e. The van der Waals surface area contributed by atoms with E-state index >= 15 is 0 Å². The first-order chi connectivity index (χ1) is 10.1. The summed E-state index contributed by atoms with van der Waals surface area (Å²) < 4.78 is 5.28. The molecule has 0 spiro atoms. The average molecular weight is 284 g/mol. The Morgan fingerprint density at radius 1 is 1.29 bits per heavy atom. The molecule has 0 fully saturated rings. The van der Waals surface area contributed by atoms with Crippen LogP contribution in [0.5, 0.6) is 5.88 Å². The molecule has 4 heteroatoms. The fourth-order valence-corrected chi connectivity index (χ4v) is 2.35. The average Bonchev–Trinajstić information content (AvgIpc) is 2.47. The van der Waals surface area contributed by atoms with Crippen molar-refractivity contribution in [1.29, 1.82) is 0 Å². The highest BCUT2D eigenvalue weighted by Crippen LogP contribution is 2.27. The zero-order chi connectivity index (χ0) is 15.2. The highest BCUT2D eigenvalue weighted by molar-refractivity contribution is 5.73. The maximum atomic E-state index is 11.0. The van der Waals surface area contributed by atoms with Crippen LogP contribution in [0.4, 0.5) is 0 Å². The Balaban J connectivity index is 2.13. The Kier molecular flexibility index (Phi) is 4.93. The maximum Gasteiger partial charge on any atom is 0.221 e. The van der Waals surface area contributed by atoms with Crippen molar-refractivity contribution in [1.82, 2.24) is 10.3 Å². The lowest BCUT2D eigenvalue weighted by Crippen LogP contribution is -2.31. The molecule has 1 aromatic heterocycles. The highest BCUT2D eigenvalue weighted by Gasteiger charge is 2.08. The van der Waals surface area contributed by atoms with E-state index in [1.165, 1.54) is 12.5 Å². The predicted octanol–water partition coefficient (Wildman–Crippen LogP) is 2.82. The van der Waals surface area contributed by atoms with E-state index in [9.17, 15) is 4.79 Å². The molecule has 0 saturated heterocycles. The summed E-state index contributed by atoms with van der Waals surface area (Å²) in [5.74, 6) is 0.621. The molecule has 4 nitrogen and oxygen atoms in total. The van der Waals surface area contributed by atoms with E-state index < -0.39 is 0 Å². The number of carbonyl (C=O) groups excluding carboxylic acids is 1. The molecule has 1 amide bonds. The predicted molar refractivity (Wildman–Crippen MR) is 83.2 cm³/mol. The molecule has 0 saturated carbocycles. The van der Waals surface area contributed by atoms with E-state index in [1.54, 1.807) is 13.3 Å². The Hall–Kier alpha value is -2.36. The monoisotopic (exact) mass is 284 g/mol. The zero-order valence-corrected chi connectivity index (χ0v) is 12.6. The summed E-state index contributed by atoms with van der Waals surface area (Å²) in [4.78, 5) is 15.2. The lowest BCUT2D eigenvalue weighted by molar-refractivity contribution is -0.119. The molecule has 1 unspecified atom stereocenters. The number of hydrogen-bond donors (Lipinski definition) is 1. The second kappa shape index (κ2) is 6.88. The van der Waals surface area contributed by atoms with Crippen molar-refractivity contribution in [3.8, 4) is 17.0 Å². The molecule has 1 N–H and O–H groups in total. The van der Waals surface area contributed by atoms with Gasteiger partial charge in [0.1, 0.15) is 0 Å². The summed E-state index contributed by atoms with van der Waals surface area (Å²) in [7, 11) is 1.62. The molecule has 21 heavy (non-hydrogen) atoms. The van der Waals surface area contributed by atoms with Gasteiger partial charge in [0.15, 0.2) is 0 Å². The van der Waals surface area contributed by atoms with Gasteiger partial charge < -0.3 is 10.1 Å². The topological polar surface area (TPSA) is 51.2 Å². The summed E-state index contributed by atoms with van der Waals surface area (Å²) in [6.45, 7) is 3.54. The van der Waals surface area contributed by atoms with Gasteiger partial charge in [0.2, 0.25) is 11.8 Å². The Labute approximate surface area is 125 Å². The number of aromatic nitrogens is 1. The number of rotatable bonds is 5. The number of amides is 1. The number of nitrogens with zero attached hydrogens (tertiary/aromatic N) is 1. The van der Waals surface area contributed by atoms with Crippen molar-refractivity contribution < 1.29 is 9.53 Å². The van der Waals surface area contributed by atoms with Gasteiger partial charge in [0.05, 0.1) is 7.11 Å². The maximum absolute atomic E-state index is 11.0. The summed E-state index contributed by atoms with van der Waals surface area (Å²) >= 11 is 0. The van der Waals surface area contributed by atoms with Gasteiger partial charge in [0, 0.05) is 24.7 Å². The summed E-state index contributed by atoms with van der Waals surface area (Å²) in [5.41, 5.74) is 3.22. The van der Waals surface area contributed by atoms with Crippen molar-refractivity contribution in [3.63, 3.8) is 0 Å². The van der Waals surface area contributed by atoms with Crippen molar-refractivity contribution in [2.75, 3.05) is 7.11 Å². The first kappa shape index (κ1) is 15.0. The van der Waals surface area contributed by atoms with E-state index in [1.807, 2.05) is 19.1 Å². The number of hydrogen-bond acceptors (Lipinski definition) is 3. The Morgan fingerprint density at radius 2 is 2.00 bits per heavy atom. The smallest absolute Gasteiger partial charge is 0.221 e. The Bertz CT molecular complexity index is 608. The summed E-state index contributed by atoms with van der Waals surface area (Å²) in [6.07, 6.45) is 2.52. The van der Waals surface area contributed by atoms with Crippen LogP contribution in [-0.4, -0.2) is 24.0 Å². The normalized spacial score (nSPS) is 11.8. The van der Waals surface area contributed by atoms with E-state index in [4.69, 9.17) is 4.74 Å². The van der Waals surface area contributed by atoms with E-state index in [2.05, 4.69) is 34.6 Å². The fraction of sp³-hybridized carbons (Fsp3) is 0.294. The fourth-order valence-electron chi connectivity index (χ4n) is 2.35. The number of ether oxygens (including phenoxy) is 1. The molecule has 2 rings (SSSR count). The van der Waals surface area contributed by atoms with Crippen LogP contribution in [0, 0.1) is 0 Å². The molecule has 0 aliphatic carbocycles. The van der Waals surface area contributed by atoms with Crippen LogP contribution in [0.3, 0.4) is 0 Å². The van der Waals surface area contributed by atoms with Crippen molar-refractivity contribution in [2.45, 2.75) is 26.3 Å². The third kappa shape index (κ3) is 4.05. The van der Waals surface area contributed by atoms with Crippen LogP contribution in [0.1, 0.15) is 19.4 Å². The molecule has 0 bridgehead atoms. The van der Waals surface area contributed by atoms with Crippen molar-refractivity contribution in [3.05, 3.63) is 48.2 Å². The lowest BCUT2D eigenvalue weighted by Gasteiger charge is -2.13. The van der Waals surface area contributed by atoms with Crippen LogP contribution in [0.15, 0.2) is 42.6 Å². The van der Waals surface area contributed by atoms with Crippen LogP contribution >= 0.6 is 0 Å². The van der Waals surface area contributed by atoms with E-state index in [-0.39, 0.29) is 11.9 Å². The van der Waals surface area contributed by atoms with Gasteiger partial charge in [-0.1, -0.05) is 24.3 Å². The molecule has 0 aliphatic rings. The third-order valence-corrected chi connectivity index (χ3v) is 3.22. The molecule has 0 aliphatic heterocycles. The van der Waals surface area contributed by atoms with Gasteiger partial charge in [-0.05, 0) is 36.6 Å². The molecule has 1 atom stereocenters. The number of benzene rings is 1. The lowest BCUT2D eigenvalue weighted by atomic mass is 10.0. The SMILES string of the molecule is COc1ncccc1-c1ccc(CC(C)NC(C)=O)cc1. The zero-order valence-electron chi connectivity index (χ0n) is 12.6. The van der Waals surface area contributed by atoms with Gasteiger partial charge >= 0.3 is 0 Å². The van der Waals surface area contributed by atoms with Gasteiger partial charge in [-0.15, -0.1) is 0 Å². The van der Waals surface area contributed by atoms with Gasteiger partial charge in [-0.2, -0.15) is 0 Å². The molecular formula is C17H20N2O2. The van der Waals surface area contributed by atoms with Crippen LogP contribution in [-0.2, 0) is 11.2 Å². The summed E-state index contributed by atoms with van der Waals surface area (Å²) in [5, 5.41) is 2.89. The molecule has 2 aromatic rings. The number of nitrogens with one attached hydrogen (secondary N) is 1. The minimum Gasteiger partial charge on any atom is -0.481 e. The second-order valence-electron chi connectivity index (χ2n) is 5.06. The van der Waals surface area contributed by atoms with Crippen LogP contribution in [0.2, 0.25) is 0 Å². The van der Waals surface area contributed by atoms with Crippen LogP contribution in [0.25, 0.3) is 11.1 Å². The van der Waals surface area contributed by atoms with Crippen molar-refractivity contribution in [2.24, 2.45) is 0 Å². The number of pyridine rings is 1.